The summed E-state index contributed by atoms with van der Waals surface area (Å²) in [5.74, 6) is -0.909. The number of carboxylic acid groups (broad SMARTS) is 1. The monoisotopic (exact) mass is 392 g/mol. The Morgan fingerprint density at radius 1 is 1.19 bits per heavy atom. The molecule has 0 radical (unpaired) electrons. The van der Waals surface area contributed by atoms with E-state index >= 15 is 0 Å². The van der Waals surface area contributed by atoms with Crippen molar-refractivity contribution in [3.8, 4) is 5.75 Å². The van der Waals surface area contributed by atoms with Crippen LogP contribution in [-0.2, 0) is 4.74 Å². The summed E-state index contributed by atoms with van der Waals surface area (Å²) in [5.41, 5.74) is -0.0944. The summed E-state index contributed by atoms with van der Waals surface area (Å²) in [6.07, 6.45) is 2.62. The van der Waals surface area contributed by atoms with Gasteiger partial charge in [0.15, 0.2) is 0 Å². The molecule has 0 aliphatic carbocycles. The smallest absolute Gasteiger partial charge is 0.414 e. The number of pyridine rings is 1. The molecule has 1 N–H and O–H groups in total. The Hall–Kier alpha value is -2.80. The Bertz CT molecular complexity index is 805. The lowest BCUT2D eigenvalue weighted by molar-refractivity contribution is 0.0574. The van der Waals surface area contributed by atoms with Crippen molar-refractivity contribution in [2.75, 3.05) is 18.1 Å². The summed E-state index contributed by atoms with van der Waals surface area (Å²) in [6.45, 7) is 5.60. The van der Waals surface area contributed by atoms with E-state index in [4.69, 9.17) is 26.2 Å². The SMILES string of the molecule is CC(C)(C)OC(=O)N(CCOc1cccc(C(=O)O)c1Cl)c1ccncc1. The molecule has 7 nitrogen and oxygen atoms in total. The molecule has 0 bridgehead atoms. The number of nitrogens with zero attached hydrogens (tertiary/aromatic N) is 2. The highest BCUT2D eigenvalue weighted by atomic mass is 35.5. The Morgan fingerprint density at radius 3 is 2.44 bits per heavy atom. The quantitative estimate of drug-likeness (QED) is 0.790. The van der Waals surface area contributed by atoms with Crippen LogP contribution in [0.15, 0.2) is 42.7 Å². The molecule has 1 amide bonds. The van der Waals surface area contributed by atoms with Gasteiger partial charge in [0.25, 0.3) is 0 Å². The third kappa shape index (κ3) is 5.86. The third-order valence-electron chi connectivity index (χ3n) is 3.35. The number of ether oxygens (including phenoxy) is 2. The molecule has 144 valence electrons. The van der Waals surface area contributed by atoms with Gasteiger partial charge in [0.1, 0.15) is 18.0 Å². The van der Waals surface area contributed by atoms with E-state index in [0.717, 1.165) is 0 Å². The van der Waals surface area contributed by atoms with E-state index in [9.17, 15) is 9.59 Å². The molecule has 27 heavy (non-hydrogen) atoms. The van der Waals surface area contributed by atoms with Crippen molar-refractivity contribution in [2.45, 2.75) is 26.4 Å². The van der Waals surface area contributed by atoms with Crippen LogP contribution in [-0.4, -0.2) is 40.9 Å². The van der Waals surface area contributed by atoms with Crippen molar-refractivity contribution in [3.05, 3.63) is 53.3 Å². The van der Waals surface area contributed by atoms with Gasteiger partial charge in [-0.15, -0.1) is 0 Å². The summed E-state index contributed by atoms with van der Waals surface area (Å²) in [6, 6.07) is 7.86. The fraction of sp³-hybridized carbons (Fsp3) is 0.316. The molecule has 1 heterocycles. The summed E-state index contributed by atoms with van der Waals surface area (Å²) in [7, 11) is 0. The van der Waals surface area contributed by atoms with Gasteiger partial charge in [0.05, 0.1) is 22.8 Å². The molecular weight excluding hydrogens is 372 g/mol. The third-order valence-corrected chi connectivity index (χ3v) is 3.74. The second kappa shape index (κ2) is 8.73. The molecule has 8 heteroatoms. The van der Waals surface area contributed by atoms with Gasteiger partial charge in [0, 0.05) is 12.4 Å². The maximum atomic E-state index is 12.5. The number of carbonyl (C=O) groups excluding carboxylic acids is 1. The zero-order valence-corrected chi connectivity index (χ0v) is 16.1. The lowest BCUT2D eigenvalue weighted by atomic mass is 10.2. The van der Waals surface area contributed by atoms with Crippen molar-refractivity contribution in [2.24, 2.45) is 0 Å². The van der Waals surface area contributed by atoms with E-state index in [1.165, 1.54) is 11.0 Å². The Labute approximate surface area is 162 Å². The lowest BCUT2D eigenvalue weighted by Crippen LogP contribution is -2.39. The molecule has 0 saturated carbocycles. The highest BCUT2D eigenvalue weighted by Gasteiger charge is 2.23. The molecule has 2 rings (SSSR count). The number of carboxylic acids is 1. The van der Waals surface area contributed by atoms with E-state index in [1.807, 2.05) is 0 Å². The van der Waals surface area contributed by atoms with Gasteiger partial charge in [-0.05, 0) is 45.0 Å². The van der Waals surface area contributed by atoms with Crippen molar-refractivity contribution < 1.29 is 24.2 Å². The normalized spacial score (nSPS) is 11.0. The first-order valence-electron chi connectivity index (χ1n) is 8.24. The number of hydrogen-bond donors (Lipinski definition) is 1. The Morgan fingerprint density at radius 2 is 1.85 bits per heavy atom. The predicted molar refractivity (Wildman–Crippen MR) is 102 cm³/mol. The van der Waals surface area contributed by atoms with Crippen LogP contribution < -0.4 is 9.64 Å². The van der Waals surface area contributed by atoms with Gasteiger partial charge in [0.2, 0.25) is 0 Å². The zero-order chi connectivity index (χ0) is 20.0. The Kier molecular flexibility index (Phi) is 6.63. The summed E-state index contributed by atoms with van der Waals surface area (Å²) in [4.78, 5) is 29.0. The molecule has 0 aliphatic rings. The molecule has 2 aromatic rings. The van der Waals surface area contributed by atoms with Crippen molar-refractivity contribution in [1.82, 2.24) is 4.98 Å². The average molecular weight is 393 g/mol. The van der Waals surface area contributed by atoms with Gasteiger partial charge >= 0.3 is 12.1 Å². The van der Waals surface area contributed by atoms with Crippen molar-refractivity contribution >= 4 is 29.4 Å². The lowest BCUT2D eigenvalue weighted by Gasteiger charge is -2.27. The van der Waals surface area contributed by atoms with Gasteiger partial charge in [-0.25, -0.2) is 9.59 Å². The number of carbonyl (C=O) groups is 2. The van der Waals surface area contributed by atoms with E-state index in [-0.39, 0.29) is 29.5 Å². The average Bonchev–Trinajstić information content (AvgIpc) is 2.59. The fourth-order valence-corrected chi connectivity index (χ4v) is 2.46. The predicted octanol–water partition coefficient (Wildman–Crippen LogP) is 4.25. The minimum atomic E-state index is -1.14. The van der Waals surface area contributed by atoms with Crippen LogP contribution in [0.25, 0.3) is 0 Å². The van der Waals surface area contributed by atoms with E-state index in [0.29, 0.717) is 5.69 Å². The number of halogens is 1. The summed E-state index contributed by atoms with van der Waals surface area (Å²) < 4.78 is 11.0. The van der Waals surface area contributed by atoms with Gasteiger partial charge in [-0.3, -0.25) is 9.88 Å². The topological polar surface area (TPSA) is 89.0 Å². The Balaban J connectivity index is 2.12. The van der Waals surface area contributed by atoms with Crippen molar-refractivity contribution in [3.63, 3.8) is 0 Å². The van der Waals surface area contributed by atoms with Crippen LogP contribution in [0.2, 0.25) is 5.02 Å². The molecular formula is C19H21ClN2O5. The number of hydrogen-bond acceptors (Lipinski definition) is 5. The van der Waals surface area contributed by atoms with E-state index in [2.05, 4.69) is 4.98 Å². The summed E-state index contributed by atoms with van der Waals surface area (Å²) >= 11 is 6.07. The van der Waals surface area contributed by atoms with Crippen LogP contribution in [0.4, 0.5) is 10.5 Å². The molecule has 0 atom stereocenters. The summed E-state index contributed by atoms with van der Waals surface area (Å²) in [5, 5.41) is 9.13. The number of rotatable bonds is 6. The van der Waals surface area contributed by atoms with E-state index in [1.54, 1.807) is 57.4 Å². The molecule has 1 aromatic carbocycles. The van der Waals surface area contributed by atoms with Crippen LogP contribution in [0.3, 0.4) is 0 Å². The minimum absolute atomic E-state index is 0.0118. The number of amides is 1. The number of anilines is 1. The van der Waals surface area contributed by atoms with Gasteiger partial charge in [-0.2, -0.15) is 0 Å². The number of aromatic nitrogens is 1. The first-order chi connectivity index (χ1) is 12.7. The fourth-order valence-electron chi connectivity index (χ4n) is 2.20. The van der Waals surface area contributed by atoms with Gasteiger partial charge < -0.3 is 14.6 Å². The largest absolute Gasteiger partial charge is 0.490 e. The van der Waals surface area contributed by atoms with Crippen LogP contribution >= 0.6 is 11.6 Å². The van der Waals surface area contributed by atoms with Crippen molar-refractivity contribution in [1.29, 1.82) is 0 Å². The maximum Gasteiger partial charge on any atom is 0.414 e. The highest BCUT2D eigenvalue weighted by molar-refractivity contribution is 6.34. The highest BCUT2D eigenvalue weighted by Crippen LogP contribution is 2.28. The molecule has 0 fully saturated rings. The first-order valence-corrected chi connectivity index (χ1v) is 8.62. The standard InChI is InChI=1S/C19H21ClN2O5/c1-19(2,3)27-18(25)22(13-7-9-21-10-8-13)11-12-26-15-6-4-5-14(16(15)20)17(23)24/h4-10H,11-12H2,1-3H3,(H,23,24). The minimum Gasteiger partial charge on any atom is -0.490 e. The second-order valence-electron chi connectivity index (χ2n) is 6.61. The van der Waals surface area contributed by atoms with Crippen LogP contribution in [0.5, 0.6) is 5.75 Å². The molecule has 0 unspecified atom stereocenters. The molecule has 0 spiro atoms. The van der Waals surface area contributed by atoms with Gasteiger partial charge in [-0.1, -0.05) is 17.7 Å². The maximum absolute atomic E-state index is 12.5. The second-order valence-corrected chi connectivity index (χ2v) is 6.99. The zero-order valence-electron chi connectivity index (χ0n) is 15.3. The number of benzene rings is 1. The van der Waals surface area contributed by atoms with Crippen LogP contribution in [0.1, 0.15) is 31.1 Å². The van der Waals surface area contributed by atoms with Crippen LogP contribution in [0, 0.1) is 0 Å². The molecule has 0 saturated heterocycles. The number of aromatic carboxylic acids is 1. The first kappa shape index (κ1) is 20.5. The molecule has 0 aliphatic heterocycles. The molecule has 1 aromatic heterocycles. The van der Waals surface area contributed by atoms with E-state index < -0.39 is 17.7 Å².